The lowest BCUT2D eigenvalue weighted by atomic mass is 9.98. The molecule has 0 aliphatic rings. The summed E-state index contributed by atoms with van der Waals surface area (Å²) in [5.41, 5.74) is 2.09. The highest BCUT2D eigenvalue weighted by Crippen LogP contribution is 2.30. The summed E-state index contributed by atoms with van der Waals surface area (Å²) in [6, 6.07) is 0. The normalized spacial score (nSPS) is 12.1. The van der Waals surface area contributed by atoms with Crippen LogP contribution in [0.15, 0.2) is 0 Å². The van der Waals surface area contributed by atoms with Crippen molar-refractivity contribution >= 4 is 0 Å². The van der Waals surface area contributed by atoms with Gasteiger partial charge in [-0.3, -0.25) is 0 Å². The fourth-order valence-corrected chi connectivity index (χ4v) is 2.12. The van der Waals surface area contributed by atoms with Crippen molar-refractivity contribution in [3.8, 4) is 5.88 Å². The molecule has 0 radical (unpaired) electrons. The molecule has 0 aliphatic heterocycles. The Morgan fingerprint density at radius 2 is 1.65 bits per heavy atom. The fraction of sp³-hybridized carbons (Fsp3) is 0.786. The summed E-state index contributed by atoms with van der Waals surface area (Å²) in [7, 11) is 0. The molecule has 1 rings (SSSR count). The van der Waals surface area contributed by atoms with E-state index < -0.39 is 0 Å². The van der Waals surface area contributed by atoms with Gasteiger partial charge in [-0.25, -0.2) is 4.68 Å². The Kier molecular flexibility index (Phi) is 4.61. The minimum Gasteiger partial charge on any atom is -0.493 e. The Labute approximate surface area is 105 Å². The SMILES string of the molecule is CC(C)Cc1nn(CC(C)C)c(O)c1C(C)C. The zero-order chi connectivity index (χ0) is 13.2. The molecule has 0 amide bonds. The van der Waals surface area contributed by atoms with Gasteiger partial charge in [0.05, 0.1) is 5.69 Å². The van der Waals surface area contributed by atoms with Gasteiger partial charge in [-0.2, -0.15) is 5.10 Å². The van der Waals surface area contributed by atoms with Gasteiger partial charge in [0.25, 0.3) is 0 Å². The molecule has 3 nitrogen and oxygen atoms in total. The summed E-state index contributed by atoms with van der Waals surface area (Å²) < 4.78 is 1.76. The highest BCUT2D eigenvalue weighted by Gasteiger charge is 2.20. The van der Waals surface area contributed by atoms with E-state index in [1.807, 2.05) is 0 Å². The molecule has 0 aromatic carbocycles. The number of nitrogens with zero attached hydrogens (tertiary/aromatic N) is 2. The van der Waals surface area contributed by atoms with E-state index in [-0.39, 0.29) is 0 Å². The second kappa shape index (κ2) is 5.56. The largest absolute Gasteiger partial charge is 0.493 e. The van der Waals surface area contributed by atoms with E-state index in [9.17, 15) is 5.11 Å². The fourth-order valence-electron chi connectivity index (χ4n) is 2.12. The molecule has 0 atom stereocenters. The van der Waals surface area contributed by atoms with Crippen LogP contribution in [0.5, 0.6) is 5.88 Å². The van der Waals surface area contributed by atoms with Gasteiger partial charge >= 0.3 is 0 Å². The van der Waals surface area contributed by atoms with Crippen LogP contribution >= 0.6 is 0 Å². The van der Waals surface area contributed by atoms with Crippen molar-refractivity contribution in [1.29, 1.82) is 0 Å². The molecule has 1 aromatic rings. The summed E-state index contributed by atoms with van der Waals surface area (Å²) in [4.78, 5) is 0. The minimum atomic E-state index is 0.324. The van der Waals surface area contributed by atoms with Gasteiger partial charge in [0.1, 0.15) is 0 Å². The number of hydrogen-bond acceptors (Lipinski definition) is 2. The molecule has 0 spiro atoms. The van der Waals surface area contributed by atoms with Crippen LogP contribution in [-0.2, 0) is 13.0 Å². The molecule has 98 valence electrons. The molecular formula is C14H26N2O. The highest BCUT2D eigenvalue weighted by molar-refractivity contribution is 5.34. The van der Waals surface area contributed by atoms with Crippen molar-refractivity contribution in [3.05, 3.63) is 11.3 Å². The van der Waals surface area contributed by atoms with E-state index in [0.29, 0.717) is 23.6 Å². The average Bonchev–Trinajstić information content (AvgIpc) is 2.40. The third-order valence-electron chi connectivity index (χ3n) is 2.75. The second-order valence-corrected chi connectivity index (χ2v) is 6.01. The highest BCUT2D eigenvalue weighted by atomic mass is 16.3. The summed E-state index contributed by atoms with van der Waals surface area (Å²) in [6.07, 6.45) is 0.937. The maximum Gasteiger partial charge on any atom is 0.213 e. The molecule has 1 heterocycles. The van der Waals surface area contributed by atoms with Crippen LogP contribution in [0.3, 0.4) is 0 Å². The molecule has 0 aliphatic carbocycles. The van der Waals surface area contributed by atoms with Crippen LogP contribution in [0, 0.1) is 11.8 Å². The average molecular weight is 238 g/mol. The predicted molar refractivity (Wildman–Crippen MR) is 71.4 cm³/mol. The molecule has 1 N–H and O–H groups in total. The maximum absolute atomic E-state index is 10.2. The van der Waals surface area contributed by atoms with Gasteiger partial charge in [0.15, 0.2) is 0 Å². The van der Waals surface area contributed by atoms with E-state index in [4.69, 9.17) is 0 Å². The Hall–Kier alpha value is -0.990. The first-order valence-corrected chi connectivity index (χ1v) is 6.61. The monoisotopic (exact) mass is 238 g/mol. The summed E-state index contributed by atoms with van der Waals surface area (Å²) in [6.45, 7) is 13.6. The van der Waals surface area contributed by atoms with Gasteiger partial charge in [-0.05, 0) is 24.2 Å². The topological polar surface area (TPSA) is 38.0 Å². The first kappa shape index (κ1) is 14.1. The molecule has 1 aromatic heterocycles. The first-order valence-electron chi connectivity index (χ1n) is 6.61. The lowest BCUT2D eigenvalue weighted by Gasteiger charge is -2.08. The van der Waals surface area contributed by atoms with Crippen LogP contribution < -0.4 is 0 Å². The number of rotatable bonds is 5. The van der Waals surface area contributed by atoms with Crippen molar-refractivity contribution in [1.82, 2.24) is 9.78 Å². The van der Waals surface area contributed by atoms with Gasteiger partial charge < -0.3 is 5.11 Å². The van der Waals surface area contributed by atoms with Crippen LogP contribution in [0.25, 0.3) is 0 Å². The van der Waals surface area contributed by atoms with E-state index in [1.54, 1.807) is 4.68 Å². The van der Waals surface area contributed by atoms with E-state index >= 15 is 0 Å². The number of aromatic hydroxyl groups is 1. The van der Waals surface area contributed by atoms with Crippen molar-refractivity contribution in [2.45, 2.75) is 60.4 Å². The zero-order valence-electron chi connectivity index (χ0n) is 12.0. The zero-order valence-corrected chi connectivity index (χ0v) is 12.0. The maximum atomic E-state index is 10.2. The lowest BCUT2D eigenvalue weighted by Crippen LogP contribution is -2.06. The molecule has 17 heavy (non-hydrogen) atoms. The van der Waals surface area contributed by atoms with E-state index in [0.717, 1.165) is 24.2 Å². The molecule has 0 unspecified atom stereocenters. The van der Waals surface area contributed by atoms with Crippen molar-refractivity contribution in [2.24, 2.45) is 11.8 Å². The van der Waals surface area contributed by atoms with Crippen molar-refractivity contribution in [3.63, 3.8) is 0 Å². The molecule has 3 heteroatoms. The van der Waals surface area contributed by atoms with Crippen LogP contribution in [-0.4, -0.2) is 14.9 Å². The summed E-state index contributed by atoms with van der Waals surface area (Å²) in [5, 5.41) is 14.8. The number of aromatic nitrogens is 2. The number of hydrogen-bond donors (Lipinski definition) is 1. The molecule has 0 bridgehead atoms. The van der Waals surface area contributed by atoms with Gasteiger partial charge in [0.2, 0.25) is 5.88 Å². The minimum absolute atomic E-state index is 0.324. The summed E-state index contributed by atoms with van der Waals surface area (Å²) in [5.74, 6) is 1.75. The van der Waals surface area contributed by atoms with Crippen LogP contribution in [0.2, 0.25) is 0 Å². The quantitative estimate of drug-likeness (QED) is 0.851. The lowest BCUT2D eigenvalue weighted by molar-refractivity contribution is 0.367. The third-order valence-corrected chi connectivity index (χ3v) is 2.75. The Bertz CT molecular complexity index is 365. The van der Waals surface area contributed by atoms with E-state index in [1.165, 1.54) is 0 Å². The van der Waals surface area contributed by atoms with Crippen molar-refractivity contribution < 1.29 is 5.11 Å². The second-order valence-electron chi connectivity index (χ2n) is 6.01. The van der Waals surface area contributed by atoms with Crippen molar-refractivity contribution in [2.75, 3.05) is 0 Å². The van der Waals surface area contributed by atoms with Gasteiger partial charge in [0, 0.05) is 12.1 Å². The standard InChI is InChI=1S/C14H26N2O/c1-9(2)7-12-13(11(5)6)14(17)16(15-12)8-10(3)4/h9-11,17H,7-8H2,1-6H3. The molecule has 0 saturated carbocycles. The third kappa shape index (κ3) is 3.48. The predicted octanol–water partition coefficient (Wildman–Crippen LogP) is 3.57. The van der Waals surface area contributed by atoms with Gasteiger partial charge in [-0.15, -0.1) is 0 Å². The molecule has 0 saturated heterocycles. The molecular weight excluding hydrogens is 212 g/mol. The Morgan fingerprint density at radius 3 is 2.06 bits per heavy atom. The van der Waals surface area contributed by atoms with Crippen LogP contribution in [0.1, 0.15) is 58.7 Å². The smallest absolute Gasteiger partial charge is 0.213 e. The Balaban J connectivity index is 3.10. The van der Waals surface area contributed by atoms with Gasteiger partial charge in [-0.1, -0.05) is 41.5 Å². The summed E-state index contributed by atoms with van der Waals surface area (Å²) >= 11 is 0. The van der Waals surface area contributed by atoms with Crippen LogP contribution in [0.4, 0.5) is 0 Å². The first-order chi connectivity index (χ1) is 7.82. The molecule has 0 fully saturated rings. The Morgan fingerprint density at radius 1 is 1.06 bits per heavy atom. The van der Waals surface area contributed by atoms with E-state index in [2.05, 4.69) is 46.6 Å².